The molecule has 2 aromatic heterocycles. The highest BCUT2D eigenvalue weighted by Crippen LogP contribution is 2.18. The molecule has 0 saturated carbocycles. The summed E-state index contributed by atoms with van der Waals surface area (Å²) in [4.78, 5) is 4.22. The number of nitrogens with two attached hydrogens (primary N) is 2. The monoisotopic (exact) mass is 215 g/mol. The minimum atomic E-state index is 0.470. The van der Waals surface area contributed by atoms with E-state index in [-0.39, 0.29) is 0 Å². The summed E-state index contributed by atoms with van der Waals surface area (Å²) < 4.78 is 1.75. The van der Waals surface area contributed by atoms with Crippen molar-refractivity contribution in [3.05, 3.63) is 42.6 Å². The number of hydrogen-bond donors (Lipinski definition) is 2. The summed E-state index contributed by atoms with van der Waals surface area (Å²) in [5.74, 6) is 0. The fourth-order valence-corrected chi connectivity index (χ4v) is 1.39. The van der Waals surface area contributed by atoms with Crippen LogP contribution in [-0.2, 0) is 7.05 Å². The zero-order chi connectivity index (χ0) is 11.5. The van der Waals surface area contributed by atoms with Crippen molar-refractivity contribution < 1.29 is 0 Å². The normalized spacial score (nSPS) is 11.7. The Kier molecular flexibility index (Phi) is 2.59. The van der Waals surface area contributed by atoms with Gasteiger partial charge in [0, 0.05) is 36.8 Å². The first-order valence-electron chi connectivity index (χ1n) is 4.83. The van der Waals surface area contributed by atoms with E-state index in [1.54, 1.807) is 17.1 Å². The molecule has 2 heterocycles. The number of aryl methyl sites for hydroxylation is 1. The van der Waals surface area contributed by atoms with E-state index >= 15 is 0 Å². The van der Waals surface area contributed by atoms with E-state index < -0.39 is 0 Å². The zero-order valence-corrected chi connectivity index (χ0v) is 8.96. The molecule has 0 aromatic carbocycles. The molecule has 0 fully saturated rings. The van der Waals surface area contributed by atoms with Gasteiger partial charge in [-0.05, 0) is 6.07 Å². The van der Waals surface area contributed by atoms with Crippen molar-refractivity contribution in [2.24, 2.45) is 18.5 Å². The molecule has 82 valence electrons. The molecule has 0 atom stereocenters. The van der Waals surface area contributed by atoms with Gasteiger partial charge in [-0.1, -0.05) is 6.07 Å². The second-order valence-corrected chi connectivity index (χ2v) is 3.46. The average Bonchev–Trinajstić information content (AvgIpc) is 2.75. The minimum absolute atomic E-state index is 0.470. The largest absolute Gasteiger partial charge is 0.403 e. The predicted octanol–water partition coefficient (Wildman–Crippen LogP) is 0.698. The van der Waals surface area contributed by atoms with Gasteiger partial charge in [0.15, 0.2) is 0 Å². The van der Waals surface area contributed by atoms with Gasteiger partial charge in [-0.2, -0.15) is 5.10 Å². The van der Waals surface area contributed by atoms with E-state index in [1.165, 1.54) is 6.20 Å². The molecule has 5 heteroatoms. The van der Waals surface area contributed by atoms with Gasteiger partial charge < -0.3 is 11.5 Å². The lowest BCUT2D eigenvalue weighted by Crippen LogP contribution is -2.01. The fourth-order valence-electron chi connectivity index (χ4n) is 1.39. The number of aromatic nitrogens is 3. The summed E-state index contributed by atoms with van der Waals surface area (Å²) in [6.07, 6.45) is 6.81. The SMILES string of the molecule is Cn1cc(-c2ccc(/C(N)=C/N)nc2)cn1. The van der Waals surface area contributed by atoms with Crippen molar-refractivity contribution in [1.29, 1.82) is 0 Å². The average molecular weight is 215 g/mol. The van der Waals surface area contributed by atoms with Gasteiger partial charge in [-0.25, -0.2) is 0 Å². The maximum Gasteiger partial charge on any atom is 0.0874 e. The fraction of sp³-hybridized carbons (Fsp3) is 0.0909. The third-order valence-corrected chi connectivity index (χ3v) is 2.28. The molecular formula is C11H13N5. The van der Waals surface area contributed by atoms with E-state index in [4.69, 9.17) is 11.5 Å². The summed E-state index contributed by atoms with van der Waals surface area (Å²) in [5, 5.41) is 4.10. The van der Waals surface area contributed by atoms with Crippen LogP contribution in [0.4, 0.5) is 0 Å². The van der Waals surface area contributed by atoms with Gasteiger partial charge in [0.25, 0.3) is 0 Å². The third-order valence-electron chi connectivity index (χ3n) is 2.28. The Bertz CT molecular complexity index is 509. The smallest absolute Gasteiger partial charge is 0.0874 e. The maximum absolute atomic E-state index is 5.64. The third kappa shape index (κ3) is 1.88. The van der Waals surface area contributed by atoms with Crippen LogP contribution in [0.2, 0.25) is 0 Å². The van der Waals surface area contributed by atoms with Crippen LogP contribution in [0.25, 0.3) is 16.8 Å². The predicted molar refractivity (Wildman–Crippen MR) is 62.8 cm³/mol. The lowest BCUT2D eigenvalue weighted by molar-refractivity contribution is 0.768. The molecule has 4 N–H and O–H groups in total. The quantitative estimate of drug-likeness (QED) is 0.772. The molecule has 0 spiro atoms. The summed E-state index contributed by atoms with van der Waals surface area (Å²) >= 11 is 0. The number of rotatable bonds is 2. The van der Waals surface area contributed by atoms with Crippen LogP contribution in [-0.4, -0.2) is 14.8 Å². The lowest BCUT2D eigenvalue weighted by atomic mass is 10.1. The van der Waals surface area contributed by atoms with Crippen LogP contribution in [0, 0.1) is 0 Å². The van der Waals surface area contributed by atoms with Crippen LogP contribution in [0.1, 0.15) is 5.69 Å². The summed E-state index contributed by atoms with van der Waals surface area (Å²) in [7, 11) is 1.88. The molecular weight excluding hydrogens is 202 g/mol. The van der Waals surface area contributed by atoms with Gasteiger partial charge in [0.05, 0.1) is 17.6 Å². The van der Waals surface area contributed by atoms with Crippen molar-refractivity contribution in [3.63, 3.8) is 0 Å². The molecule has 0 aliphatic heterocycles. The van der Waals surface area contributed by atoms with Crippen molar-refractivity contribution in [3.8, 4) is 11.1 Å². The second kappa shape index (κ2) is 4.06. The Labute approximate surface area is 93.4 Å². The molecule has 5 nitrogen and oxygen atoms in total. The molecule has 0 aliphatic carbocycles. The van der Waals surface area contributed by atoms with E-state index in [1.807, 2.05) is 25.4 Å². The Morgan fingerprint density at radius 3 is 2.62 bits per heavy atom. The maximum atomic E-state index is 5.64. The van der Waals surface area contributed by atoms with Gasteiger partial charge in [0.2, 0.25) is 0 Å². The van der Waals surface area contributed by atoms with E-state index in [2.05, 4.69) is 10.1 Å². The Morgan fingerprint density at radius 1 is 1.31 bits per heavy atom. The lowest BCUT2D eigenvalue weighted by Gasteiger charge is -2.01. The molecule has 2 rings (SSSR count). The molecule has 2 aromatic rings. The first kappa shape index (κ1) is 10.2. The summed E-state index contributed by atoms with van der Waals surface area (Å²) in [5.41, 5.74) is 14.1. The van der Waals surface area contributed by atoms with E-state index in [0.717, 1.165) is 11.1 Å². The van der Waals surface area contributed by atoms with Gasteiger partial charge in [-0.3, -0.25) is 9.67 Å². The number of nitrogens with zero attached hydrogens (tertiary/aromatic N) is 3. The standard InChI is InChI=1S/C11H13N5/c1-16-7-9(6-15-16)8-2-3-11(14-5-8)10(13)4-12/h2-7H,12-13H2,1H3/b10-4-. The second-order valence-electron chi connectivity index (χ2n) is 3.46. The van der Waals surface area contributed by atoms with Crippen LogP contribution in [0.5, 0.6) is 0 Å². The first-order chi connectivity index (χ1) is 7.70. The van der Waals surface area contributed by atoms with Crippen LogP contribution in [0.15, 0.2) is 36.9 Å². The van der Waals surface area contributed by atoms with Crippen LogP contribution < -0.4 is 11.5 Å². The first-order valence-corrected chi connectivity index (χ1v) is 4.83. The Hall–Kier alpha value is -2.30. The molecule has 0 aliphatic rings. The molecule has 0 bridgehead atoms. The molecule has 0 radical (unpaired) electrons. The van der Waals surface area contributed by atoms with Gasteiger partial charge in [-0.15, -0.1) is 0 Å². The highest BCUT2D eigenvalue weighted by molar-refractivity contribution is 5.64. The summed E-state index contributed by atoms with van der Waals surface area (Å²) in [6, 6.07) is 3.77. The number of hydrogen-bond acceptors (Lipinski definition) is 4. The molecule has 16 heavy (non-hydrogen) atoms. The van der Waals surface area contributed by atoms with Crippen molar-refractivity contribution in [1.82, 2.24) is 14.8 Å². The Balaban J connectivity index is 2.33. The van der Waals surface area contributed by atoms with Crippen molar-refractivity contribution in [2.45, 2.75) is 0 Å². The highest BCUT2D eigenvalue weighted by atomic mass is 15.2. The van der Waals surface area contributed by atoms with E-state index in [9.17, 15) is 0 Å². The number of pyridine rings is 1. The molecule has 0 amide bonds. The van der Waals surface area contributed by atoms with Crippen molar-refractivity contribution in [2.75, 3.05) is 0 Å². The Morgan fingerprint density at radius 2 is 2.12 bits per heavy atom. The van der Waals surface area contributed by atoms with Crippen LogP contribution in [0.3, 0.4) is 0 Å². The van der Waals surface area contributed by atoms with E-state index in [0.29, 0.717) is 11.4 Å². The van der Waals surface area contributed by atoms with Gasteiger partial charge in [0.1, 0.15) is 0 Å². The highest BCUT2D eigenvalue weighted by Gasteiger charge is 2.02. The minimum Gasteiger partial charge on any atom is -0.403 e. The summed E-state index contributed by atoms with van der Waals surface area (Å²) in [6.45, 7) is 0. The van der Waals surface area contributed by atoms with Crippen molar-refractivity contribution >= 4 is 5.70 Å². The molecule has 0 unspecified atom stereocenters. The topological polar surface area (TPSA) is 82.8 Å². The van der Waals surface area contributed by atoms with Gasteiger partial charge >= 0.3 is 0 Å². The van der Waals surface area contributed by atoms with Crippen LogP contribution >= 0.6 is 0 Å². The molecule has 0 saturated heterocycles. The zero-order valence-electron chi connectivity index (χ0n) is 8.96.